The van der Waals surface area contributed by atoms with Gasteiger partial charge in [-0.25, -0.2) is 4.79 Å². The second-order valence-electron chi connectivity index (χ2n) is 7.14. The van der Waals surface area contributed by atoms with Crippen molar-refractivity contribution in [2.75, 3.05) is 25.6 Å². The Bertz CT molecular complexity index is 1140. The Kier molecular flexibility index (Phi) is 7.01. The fourth-order valence-corrected chi connectivity index (χ4v) is 3.23. The van der Waals surface area contributed by atoms with Crippen LogP contribution in [0.15, 0.2) is 36.4 Å². The lowest BCUT2D eigenvalue weighted by Gasteiger charge is -2.12. The minimum atomic E-state index is -0.851. The molecular weight excluding hydrogens is 434 g/mol. The van der Waals surface area contributed by atoms with E-state index in [2.05, 4.69) is 5.32 Å². The van der Waals surface area contributed by atoms with Gasteiger partial charge in [0.15, 0.2) is 6.61 Å². The highest BCUT2D eigenvalue weighted by molar-refractivity contribution is 6.22. The van der Waals surface area contributed by atoms with Gasteiger partial charge >= 0.3 is 5.97 Å². The summed E-state index contributed by atoms with van der Waals surface area (Å²) in [6, 6.07) is 7.66. The maximum Gasteiger partial charge on any atom is 0.338 e. The van der Waals surface area contributed by atoms with Gasteiger partial charge in [-0.15, -0.1) is 0 Å². The summed E-state index contributed by atoms with van der Waals surface area (Å²) in [5, 5.41) is 13.3. The summed E-state index contributed by atoms with van der Waals surface area (Å²) in [6.07, 6.45) is 1.49. The molecule has 0 spiro atoms. The fraction of sp³-hybridized carbons (Fsp3) is 0.273. The standard InChI is InChI=1S/C22H21N3O8/c1-3-4-9-24-20(27)15-7-5-13(10-16(15)21(24)28)22(29)33-12-19(26)23-17-8-6-14(25(30)31)11-18(17)32-2/h5-8,10-11H,3-4,9,12H2,1-2H3,(H,23,26). The Hall–Kier alpha value is -4.28. The Morgan fingerprint density at radius 1 is 1.09 bits per heavy atom. The van der Waals surface area contributed by atoms with Crippen LogP contribution in [-0.2, 0) is 9.53 Å². The van der Waals surface area contributed by atoms with Crippen molar-refractivity contribution in [1.29, 1.82) is 0 Å². The van der Waals surface area contributed by atoms with Crippen LogP contribution in [-0.4, -0.2) is 53.8 Å². The number of imide groups is 1. The first-order valence-corrected chi connectivity index (χ1v) is 10.1. The number of ether oxygens (including phenoxy) is 2. The highest BCUT2D eigenvalue weighted by Gasteiger charge is 2.35. The minimum absolute atomic E-state index is 0.0213. The summed E-state index contributed by atoms with van der Waals surface area (Å²) in [4.78, 5) is 60.8. The van der Waals surface area contributed by atoms with Gasteiger partial charge in [-0.2, -0.15) is 0 Å². The van der Waals surface area contributed by atoms with Crippen molar-refractivity contribution in [3.8, 4) is 5.75 Å². The monoisotopic (exact) mass is 455 g/mol. The zero-order valence-corrected chi connectivity index (χ0v) is 18.0. The molecule has 0 bridgehead atoms. The predicted octanol–water partition coefficient (Wildman–Crippen LogP) is 2.80. The maximum atomic E-state index is 12.5. The molecule has 0 saturated carbocycles. The van der Waals surface area contributed by atoms with Crippen LogP contribution in [0, 0.1) is 10.1 Å². The number of fused-ring (bicyclic) bond motifs is 1. The lowest BCUT2D eigenvalue weighted by atomic mass is 10.1. The van der Waals surface area contributed by atoms with E-state index in [1.54, 1.807) is 0 Å². The van der Waals surface area contributed by atoms with Crippen molar-refractivity contribution in [2.45, 2.75) is 19.8 Å². The summed E-state index contributed by atoms with van der Waals surface area (Å²) in [5.41, 5.74) is 0.307. The van der Waals surface area contributed by atoms with E-state index < -0.39 is 35.2 Å². The van der Waals surface area contributed by atoms with Crippen LogP contribution in [0.25, 0.3) is 0 Å². The van der Waals surface area contributed by atoms with E-state index in [-0.39, 0.29) is 33.8 Å². The second kappa shape index (κ2) is 9.90. The second-order valence-corrected chi connectivity index (χ2v) is 7.14. The largest absolute Gasteiger partial charge is 0.494 e. The third-order valence-corrected chi connectivity index (χ3v) is 4.95. The van der Waals surface area contributed by atoms with Gasteiger partial charge in [0.2, 0.25) is 0 Å². The Balaban J connectivity index is 1.64. The quantitative estimate of drug-likeness (QED) is 0.263. The van der Waals surface area contributed by atoms with Gasteiger partial charge in [-0.1, -0.05) is 13.3 Å². The van der Waals surface area contributed by atoms with E-state index in [1.165, 1.54) is 37.4 Å². The van der Waals surface area contributed by atoms with Crippen LogP contribution in [0.1, 0.15) is 50.8 Å². The fourth-order valence-electron chi connectivity index (χ4n) is 3.23. The van der Waals surface area contributed by atoms with Crippen LogP contribution < -0.4 is 10.1 Å². The molecule has 1 aliphatic heterocycles. The molecular formula is C22H21N3O8. The molecule has 0 radical (unpaired) electrons. The normalized spacial score (nSPS) is 12.4. The van der Waals surface area contributed by atoms with E-state index >= 15 is 0 Å². The number of methoxy groups -OCH3 is 1. The lowest BCUT2D eigenvalue weighted by molar-refractivity contribution is -0.384. The number of hydrogen-bond donors (Lipinski definition) is 1. The Morgan fingerprint density at radius 2 is 1.82 bits per heavy atom. The van der Waals surface area contributed by atoms with Crippen molar-refractivity contribution in [3.63, 3.8) is 0 Å². The van der Waals surface area contributed by atoms with Crippen LogP contribution in [0.5, 0.6) is 5.75 Å². The maximum absolute atomic E-state index is 12.5. The zero-order chi connectivity index (χ0) is 24.1. The lowest BCUT2D eigenvalue weighted by Crippen LogP contribution is -2.30. The Morgan fingerprint density at radius 3 is 2.48 bits per heavy atom. The number of nitro benzene ring substituents is 1. The Labute approximate surface area is 188 Å². The first-order valence-electron chi connectivity index (χ1n) is 10.1. The van der Waals surface area contributed by atoms with Crippen molar-refractivity contribution in [2.24, 2.45) is 0 Å². The molecule has 1 heterocycles. The molecule has 172 valence electrons. The molecule has 0 fully saturated rings. The first kappa shape index (κ1) is 23.4. The number of hydrogen-bond acceptors (Lipinski definition) is 8. The molecule has 0 aromatic heterocycles. The summed E-state index contributed by atoms with van der Waals surface area (Å²) < 4.78 is 10.0. The number of nitrogens with zero attached hydrogens (tertiary/aromatic N) is 2. The summed E-state index contributed by atoms with van der Waals surface area (Å²) in [7, 11) is 1.29. The van der Waals surface area contributed by atoms with Crippen LogP contribution in [0.4, 0.5) is 11.4 Å². The van der Waals surface area contributed by atoms with Gasteiger partial charge in [0.05, 0.1) is 40.5 Å². The van der Waals surface area contributed by atoms with Gasteiger partial charge in [0.25, 0.3) is 23.4 Å². The molecule has 11 heteroatoms. The van der Waals surface area contributed by atoms with Crippen molar-refractivity contribution in [1.82, 2.24) is 4.90 Å². The van der Waals surface area contributed by atoms with E-state index in [0.29, 0.717) is 13.0 Å². The number of carbonyl (C=O) groups excluding carboxylic acids is 4. The third kappa shape index (κ3) is 4.97. The number of non-ortho nitro benzene ring substituents is 1. The van der Waals surface area contributed by atoms with Crippen LogP contribution in [0.3, 0.4) is 0 Å². The number of benzene rings is 2. The molecule has 1 aliphatic rings. The minimum Gasteiger partial charge on any atom is -0.494 e. The molecule has 0 unspecified atom stereocenters. The molecule has 0 saturated heterocycles. The molecule has 1 N–H and O–H groups in total. The smallest absolute Gasteiger partial charge is 0.338 e. The van der Waals surface area contributed by atoms with E-state index in [0.717, 1.165) is 17.4 Å². The highest BCUT2D eigenvalue weighted by atomic mass is 16.6. The van der Waals surface area contributed by atoms with E-state index in [4.69, 9.17) is 9.47 Å². The van der Waals surface area contributed by atoms with Crippen LogP contribution >= 0.6 is 0 Å². The van der Waals surface area contributed by atoms with Crippen LogP contribution in [0.2, 0.25) is 0 Å². The number of amides is 3. The summed E-state index contributed by atoms with van der Waals surface area (Å²) >= 11 is 0. The topological polar surface area (TPSA) is 145 Å². The molecule has 2 aromatic rings. The molecule has 0 aliphatic carbocycles. The van der Waals surface area contributed by atoms with Gasteiger partial charge in [-0.3, -0.25) is 29.4 Å². The van der Waals surface area contributed by atoms with Gasteiger partial charge in [0.1, 0.15) is 5.75 Å². The van der Waals surface area contributed by atoms with E-state index in [1.807, 2.05) is 6.92 Å². The average molecular weight is 455 g/mol. The predicted molar refractivity (Wildman–Crippen MR) is 115 cm³/mol. The molecule has 3 rings (SSSR count). The number of esters is 1. The third-order valence-electron chi connectivity index (χ3n) is 4.95. The highest BCUT2D eigenvalue weighted by Crippen LogP contribution is 2.29. The van der Waals surface area contributed by atoms with E-state index in [9.17, 15) is 29.3 Å². The van der Waals surface area contributed by atoms with Gasteiger partial charge < -0.3 is 14.8 Å². The number of anilines is 1. The molecule has 0 atom stereocenters. The average Bonchev–Trinajstić information content (AvgIpc) is 3.05. The molecule has 3 amide bonds. The van der Waals surface area contributed by atoms with Crippen molar-refractivity contribution in [3.05, 3.63) is 63.2 Å². The zero-order valence-electron chi connectivity index (χ0n) is 18.0. The van der Waals surface area contributed by atoms with Crippen molar-refractivity contribution < 1.29 is 33.6 Å². The van der Waals surface area contributed by atoms with Gasteiger partial charge in [-0.05, 0) is 30.7 Å². The SMILES string of the molecule is CCCCN1C(=O)c2ccc(C(=O)OCC(=O)Nc3ccc([N+](=O)[O-])cc3OC)cc2C1=O. The first-order chi connectivity index (χ1) is 15.8. The molecule has 11 nitrogen and oxygen atoms in total. The summed E-state index contributed by atoms with van der Waals surface area (Å²) in [5.74, 6) is -2.36. The number of unbranched alkanes of at least 4 members (excludes halogenated alkanes) is 1. The molecule has 2 aromatic carbocycles. The number of nitro groups is 1. The van der Waals surface area contributed by atoms with Crippen molar-refractivity contribution >= 4 is 35.1 Å². The number of carbonyl (C=O) groups is 4. The molecule has 33 heavy (non-hydrogen) atoms. The van der Waals surface area contributed by atoms with Gasteiger partial charge in [0, 0.05) is 12.6 Å². The summed E-state index contributed by atoms with van der Waals surface area (Å²) in [6.45, 7) is 1.60. The number of nitrogens with one attached hydrogen (secondary N) is 1. The number of rotatable bonds is 9.